The molecule has 0 aromatic heterocycles. The van der Waals surface area contributed by atoms with Crippen LogP contribution in [0.2, 0.25) is 0 Å². The molecule has 2 heterocycles. The van der Waals surface area contributed by atoms with E-state index in [1.165, 1.54) is 11.8 Å². The van der Waals surface area contributed by atoms with Crippen LogP contribution < -0.4 is 37.2 Å². The summed E-state index contributed by atoms with van der Waals surface area (Å²) >= 11 is 0. The molecule has 9 amide bonds. The second-order valence-electron chi connectivity index (χ2n) is 19.9. The van der Waals surface area contributed by atoms with Gasteiger partial charge in [-0.3, -0.25) is 48.5 Å². The van der Waals surface area contributed by atoms with Crippen molar-refractivity contribution in [3.05, 3.63) is 65.4 Å². The van der Waals surface area contributed by atoms with E-state index in [2.05, 4.69) is 56.0 Å². The molecule has 21 heteroatoms. The van der Waals surface area contributed by atoms with Gasteiger partial charge in [0.1, 0.15) is 23.9 Å². The van der Waals surface area contributed by atoms with Gasteiger partial charge in [0.15, 0.2) is 17.6 Å². The summed E-state index contributed by atoms with van der Waals surface area (Å²) in [5, 5.41) is 18.5. The molecule has 0 aliphatic carbocycles. The topological polar surface area (TPSA) is 285 Å². The molecule has 8 N–H and O–H groups in total. The van der Waals surface area contributed by atoms with E-state index < -0.39 is 83.6 Å². The van der Waals surface area contributed by atoms with Crippen molar-refractivity contribution < 1.29 is 80.7 Å². The summed E-state index contributed by atoms with van der Waals surface area (Å²) in [4.78, 5) is 135. The molecular weight excluding hydrogens is 1010 g/mol. The predicted molar refractivity (Wildman–Crippen MR) is 272 cm³/mol. The summed E-state index contributed by atoms with van der Waals surface area (Å²) in [6, 6.07) is 7.11. The van der Waals surface area contributed by atoms with E-state index in [4.69, 9.17) is 5.73 Å². The molecule has 2 aliphatic heterocycles. The standard InChI is InChI=1S/C52H76N10O10.Y/c1-30(2)24-41(49(69)57-39(12-9-10-22-61(8)31(3)4)50(70)62-23-11-13-43(62)45(65)25-32(5)33(6)63)58-47(67)36(26-34-14-20-38(21-15-34)56-51(53)71)28-44(64)40(54-7)27-35-16-18-37(19-17-35)55-48(68)42-29-46(66)60-52(72)59-42;/h14-21,30-32,36,39-43,54H,9-13,22-29H2,1-8H3,(H8,53,55,56,57,58,59,60,66,67,68,69,71,72);/p-1/t32-,36-,39-,40-,41-,42-,43-;/m0./s1. The van der Waals surface area contributed by atoms with E-state index in [1.807, 2.05) is 20.9 Å². The molecule has 73 heavy (non-hydrogen) atoms. The second kappa shape index (κ2) is 30.1. The van der Waals surface area contributed by atoms with Crippen molar-refractivity contribution in [2.45, 2.75) is 148 Å². The van der Waals surface area contributed by atoms with Gasteiger partial charge in [-0.1, -0.05) is 57.2 Å². The van der Waals surface area contributed by atoms with Gasteiger partial charge in [0, 0.05) is 75.7 Å². The smallest absolute Gasteiger partial charge is 0.322 e. The number of imide groups is 1. The zero-order valence-electron chi connectivity index (χ0n) is 43.6. The Hall–Kier alpha value is -5.44. The number of carbonyl (C=O) groups excluding carboxylic acids is 10. The molecule has 397 valence electrons. The minimum absolute atomic E-state index is 0. The van der Waals surface area contributed by atoms with Crippen LogP contribution in [0.3, 0.4) is 0 Å². The van der Waals surface area contributed by atoms with E-state index in [1.54, 1.807) is 62.5 Å². The van der Waals surface area contributed by atoms with Crippen LogP contribution in [0, 0.1) is 17.8 Å². The minimum Gasteiger partial charge on any atom is -0.447 e. The Labute approximate surface area is 454 Å². The molecule has 0 spiro atoms. The van der Waals surface area contributed by atoms with Gasteiger partial charge in [-0.05, 0) is 128 Å². The molecule has 0 unspecified atom stereocenters. The van der Waals surface area contributed by atoms with Gasteiger partial charge in [-0.15, -0.1) is 0 Å². The number of Topliss-reactive ketones (excluding diaryl/α,β-unsaturated/α-hetero) is 3. The molecule has 1 radical (unpaired) electrons. The van der Waals surface area contributed by atoms with Gasteiger partial charge in [0.25, 0.3) is 0 Å². The van der Waals surface area contributed by atoms with E-state index in [0.717, 1.165) is 18.5 Å². The minimum atomic E-state index is -1.11. The van der Waals surface area contributed by atoms with Gasteiger partial charge in [0.2, 0.25) is 29.5 Å². The molecule has 2 saturated heterocycles. The quantitative estimate of drug-likeness (QED) is 0.0582. The van der Waals surface area contributed by atoms with Crippen LogP contribution in [0.15, 0.2) is 48.5 Å². The second-order valence-corrected chi connectivity index (χ2v) is 19.9. The SMILES string of the molecule is CN[C@@H](Cc1ccc(NC(=O)[C@@H]2CC(=O)NC(=O)N2)cc1)C(=O)C[C@H](Cc1ccc(NC([NH-])=O)cc1)C(=O)N[C@@H](CC(C)C)C(=O)N[C@@H](CCCCN(C)C(C)C)C(=O)N1CCC[C@H]1C(=O)C[C@H](C)C(C)=O.[Y]. The largest absolute Gasteiger partial charge is 0.447 e. The number of amides is 9. The summed E-state index contributed by atoms with van der Waals surface area (Å²) in [5.74, 6) is -4.86. The number of hydrogen-bond acceptors (Lipinski definition) is 12. The summed E-state index contributed by atoms with van der Waals surface area (Å²) in [6.07, 6.45) is 2.70. The van der Waals surface area contributed by atoms with Crippen LogP contribution in [0.1, 0.15) is 110 Å². The Bertz CT molecular complexity index is 2240. The average Bonchev–Trinajstić information content (AvgIpc) is 3.82. The first kappa shape index (κ1) is 61.9. The number of rotatable bonds is 28. The first-order valence-corrected chi connectivity index (χ1v) is 25.0. The molecule has 7 atom stereocenters. The summed E-state index contributed by atoms with van der Waals surface area (Å²) in [7, 11) is 3.64. The Morgan fingerprint density at radius 2 is 1.40 bits per heavy atom. The number of nitrogens with one attached hydrogen (secondary N) is 8. The number of likely N-dealkylation sites (N-methyl/N-ethyl adjacent to an activating group) is 1. The van der Waals surface area contributed by atoms with Crippen molar-refractivity contribution in [3.63, 3.8) is 0 Å². The van der Waals surface area contributed by atoms with Crippen molar-refractivity contribution >= 4 is 70.3 Å². The van der Waals surface area contributed by atoms with E-state index in [9.17, 15) is 47.9 Å². The number of benzene rings is 2. The molecule has 2 aromatic carbocycles. The number of carbonyl (C=O) groups is 10. The summed E-state index contributed by atoms with van der Waals surface area (Å²) < 4.78 is 0. The van der Waals surface area contributed by atoms with Crippen molar-refractivity contribution in [1.29, 1.82) is 0 Å². The molecule has 2 fully saturated rings. The van der Waals surface area contributed by atoms with Crippen molar-refractivity contribution in [2.75, 3.05) is 37.8 Å². The maximum atomic E-state index is 14.6. The van der Waals surface area contributed by atoms with E-state index in [-0.39, 0.29) is 101 Å². The molecule has 4 rings (SSSR count). The van der Waals surface area contributed by atoms with Crippen LogP contribution in [-0.4, -0.2) is 132 Å². The monoisotopic (exact) mass is 1090 g/mol. The third kappa shape index (κ3) is 20.1. The van der Waals surface area contributed by atoms with Gasteiger partial charge in [-0.2, -0.15) is 0 Å². The number of nitrogens with zero attached hydrogens (tertiary/aromatic N) is 2. The van der Waals surface area contributed by atoms with Crippen molar-refractivity contribution in [2.24, 2.45) is 17.8 Å². The van der Waals surface area contributed by atoms with Gasteiger partial charge < -0.3 is 47.4 Å². The van der Waals surface area contributed by atoms with Crippen LogP contribution in [0.4, 0.5) is 21.0 Å². The number of unbranched alkanes of at least 4 members (excludes halogenated alkanes) is 1. The number of ketones is 3. The van der Waals surface area contributed by atoms with Crippen molar-refractivity contribution in [1.82, 2.24) is 36.4 Å². The van der Waals surface area contributed by atoms with Crippen LogP contribution >= 0.6 is 0 Å². The normalized spacial score (nSPS) is 17.5. The maximum absolute atomic E-state index is 14.6. The summed E-state index contributed by atoms with van der Waals surface area (Å²) in [6.45, 7) is 12.2. The molecule has 20 nitrogen and oxygen atoms in total. The Kier molecular flexibility index (Phi) is 25.5. The molecule has 2 aromatic rings. The Balaban J connectivity index is 0.0000141. The average molecular weight is 1090 g/mol. The molecule has 0 bridgehead atoms. The molecular formula is C52H75N10O10Y-. The first-order chi connectivity index (χ1) is 34.0. The third-order valence-electron chi connectivity index (χ3n) is 13.4. The number of hydrogen-bond donors (Lipinski definition) is 7. The fourth-order valence-electron chi connectivity index (χ4n) is 8.75. The zero-order valence-corrected chi connectivity index (χ0v) is 46.4. The number of urea groups is 2. The van der Waals surface area contributed by atoms with E-state index >= 15 is 0 Å². The summed E-state index contributed by atoms with van der Waals surface area (Å²) in [5.41, 5.74) is 9.39. The Morgan fingerprint density at radius 1 is 0.795 bits per heavy atom. The van der Waals surface area contributed by atoms with Gasteiger partial charge in [0.05, 0.1) is 18.5 Å². The van der Waals surface area contributed by atoms with Gasteiger partial charge >= 0.3 is 6.03 Å². The van der Waals surface area contributed by atoms with E-state index in [0.29, 0.717) is 48.8 Å². The molecule has 2 aliphatic rings. The van der Waals surface area contributed by atoms with Crippen molar-refractivity contribution in [3.8, 4) is 0 Å². The zero-order chi connectivity index (χ0) is 53.2. The van der Waals surface area contributed by atoms with Crippen LogP contribution in [-0.2, 0) is 83.9 Å². The Morgan fingerprint density at radius 3 is 1.96 bits per heavy atom. The maximum Gasteiger partial charge on any atom is 0.322 e. The predicted octanol–water partition coefficient (Wildman–Crippen LogP) is 4.45. The fourth-order valence-corrected chi connectivity index (χ4v) is 8.75. The fraction of sp³-hybridized carbons (Fsp3) is 0.577. The van der Waals surface area contributed by atoms with Crippen LogP contribution in [0.5, 0.6) is 0 Å². The first-order valence-electron chi connectivity index (χ1n) is 25.0. The molecule has 0 saturated carbocycles. The van der Waals surface area contributed by atoms with Gasteiger partial charge in [-0.25, -0.2) is 4.79 Å². The third-order valence-corrected chi connectivity index (χ3v) is 13.4. The number of likely N-dealkylation sites (tertiary alicyclic amines) is 1. The van der Waals surface area contributed by atoms with Crippen LogP contribution in [0.25, 0.3) is 5.73 Å². The number of anilines is 2.